The number of carboxylic acid groups (broad SMARTS) is 1. The summed E-state index contributed by atoms with van der Waals surface area (Å²) in [5.74, 6) is -0.860. The van der Waals surface area contributed by atoms with Crippen molar-refractivity contribution in [3.05, 3.63) is 35.5 Å². The van der Waals surface area contributed by atoms with Crippen LogP contribution < -0.4 is 0 Å². The van der Waals surface area contributed by atoms with Crippen molar-refractivity contribution in [2.45, 2.75) is 72.3 Å². The Morgan fingerprint density at radius 1 is 1.18 bits per heavy atom. The van der Waals surface area contributed by atoms with E-state index in [1.807, 2.05) is 19.1 Å². The van der Waals surface area contributed by atoms with Crippen LogP contribution in [0.25, 0.3) is 0 Å². The first-order valence-corrected chi connectivity index (χ1v) is 12.1. The molecule has 4 aliphatic carbocycles. The molecule has 0 aliphatic heterocycles. The van der Waals surface area contributed by atoms with E-state index in [0.29, 0.717) is 11.8 Å². The Labute approximate surface area is 195 Å². The number of hydrogen-bond donors (Lipinski definition) is 2. The van der Waals surface area contributed by atoms with Crippen molar-refractivity contribution in [2.24, 2.45) is 34.0 Å². The number of aliphatic hydroxyl groups excluding tert-OH is 1. The molecule has 7 atom stereocenters. The average molecular weight is 457 g/mol. The molecule has 0 aromatic heterocycles. The third-order valence-corrected chi connectivity index (χ3v) is 9.71. The van der Waals surface area contributed by atoms with E-state index in [0.717, 1.165) is 25.7 Å². The maximum absolute atomic E-state index is 13.5. The molecule has 2 saturated carbocycles. The number of ketones is 1. The normalized spacial score (nSPS) is 41.2. The minimum absolute atomic E-state index is 0.0659. The first-order valence-electron chi connectivity index (χ1n) is 12.1. The summed E-state index contributed by atoms with van der Waals surface area (Å²) in [4.78, 5) is 36.1. The maximum Gasteiger partial charge on any atom is 0.306 e. The molecule has 2 fully saturated rings. The van der Waals surface area contributed by atoms with Gasteiger partial charge in [-0.25, -0.2) is 0 Å². The van der Waals surface area contributed by atoms with E-state index >= 15 is 0 Å². The topological polar surface area (TPSA) is 101 Å². The second kappa shape index (κ2) is 8.23. The number of fused-ring (bicyclic) bond motifs is 5. The van der Waals surface area contributed by atoms with Crippen LogP contribution >= 0.6 is 0 Å². The van der Waals surface area contributed by atoms with Gasteiger partial charge in [0.05, 0.1) is 18.9 Å². The molecular weight excluding hydrogens is 420 g/mol. The van der Waals surface area contributed by atoms with Gasteiger partial charge in [-0.2, -0.15) is 0 Å². The van der Waals surface area contributed by atoms with Crippen LogP contribution in [0.2, 0.25) is 0 Å². The summed E-state index contributed by atoms with van der Waals surface area (Å²) in [6.45, 7) is 8.36. The molecule has 0 spiro atoms. The van der Waals surface area contributed by atoms with Gasteiger partial charge in [0.15, 0.2) is 12.4 Å². The number of carbonyl (C=O) groups excluding carboxylic acids is 2. The van der Waals surface area contributed by atoms with Gasteiger partial charge in [0, 0.05) is 10.8 Å². The van der Waals surface area contributed by atoms with Crippen LogP contribution in [0.4, 0.5) is 0 Å². The molecule has 0 heterocycles. The van der Waals surface area contributed by atoms with E-state index in [9.17, 15) is 19.5 Å². The molecule has 180 valence electrons. The largest absolute Gasteiger partial charge is 0.481 e. The summed E-state index contributed by atoms with van der Waals surface area (Å²) < 4.78 is 5.20. The lowest BCUT2D eigenvalue weighted by atomic mass is 9.49. The van der Waals surface area contributed by atoms with Gasteiger partial charge >= 0.3 is 11.9 Å². The third kappa shape index (κ3) is 3.61. The fraction of sp³-hybridized carbons (Fsp3) is 0.667. The smallest absolute Gasteiger partial charge is 0.306 e. The zero-order valence-corrected chi connectivity index (χ0v) is 20.1. The van der Waals surface area contributed by atoms with Gasteiger partial charge in [-0.05, 0) is 55.8 Å². The molecule has 6 nitrogen and oxygen atoms in total. The number of carbonyl (C=O) groups is 3. The summed E-state index contributed by atoms with van der Waals surface area (Å²) >= 11 is 0. The standard InChI is InChI=1S/C27H36O6/c1-16-13-21-19-6-5-17-14-18(28)9-11-25(17,2)20(19)10-12-26(21,3)27(16,4)22(29)15-33-24(32)8-7-23(30)31/h9-11,14,16,18-19,21,28H,5-8,12-13,15H2,1-4H3,(H,30,31)/t16-,18?,19?,21?,25-,26-,27+/m0/s1. The summed E-state index contributed by atoms with van der Waals surface area (Å²) in [5, 5.41) is 18.8. The number of Topliss-reactive ketones (excluding diaryl/α,β-unsaturated/α-hetero) is 1. The number of esters is 1. The molecule has 4 rings (SSSR count). The summed E-state index contributed by atoms with van der Waals surface area (Å²) in [7, 11) is 0. The predicted octanol–water partition coefficient (Wildman–Crippen LogP) is 4.24. The Balaban J connectivity index is 1.57. The lowest BCUT2D eigenvalue weighted by molar-refractivity contribution is -0.156. The van der Waals surface area contributed by atoms with Crippen LogP contribution in [-0.2, 0) is 19.1 Å². The van der Waals surface area contributed by atoms with Crippen LogP contribution in [0.5, 0.6) is 0 Å². The van der Waals surface area contributed by atoms with E-state index in [-0.39, 0.29) is 42.0 Å². The number of aliphatic hydroxyl groups is 1. The van der Waals surface area contributed by atoms with E-state index in [1.54, 1.807) is 0 Å². The number of allylic oxidation sites excluding steroid dienone is 4. The highest BCUT2D eigenvalue weighted by molar-refractivity contribution is 5.89. The Bertz CT molecular complexity index is 960. The number of carboxylic acids is 1. The highest BCUT2D eigenvalue weighted by atomic mass is 16.5. The van der Waals surface area contributed by atoms with Crippen LogP contribution in [0.15, 0.2) is 35.5 Å². The van der Waals surface area contributed by atoms with Crippen LogP contribution in [-0.4, -0.2) is 40.6 Å². The molecule has 2 N–H and O–H groups in total. The minimum Gasteiger partial charge on any atom is -0.481 e. The molecule has 0 aromatic rings. The van der Waals surface area contributed by atoms with E-state index in [4.69, 9.17) is 9.84 Å². The van der Waals surface area contributed by atoms with Crippen molar-refractivity contribution in [3.8, 4) is 0 Å². The van der Waals surface area contributed by atoms with Crippen molar-refractivity contribution in [2.75, 3.05) is 6.61 Å². The second-order valence-electron chi connectivity index (χ2n) is 11.1. The Hall–Kier alpha value is -2.21. The van der Waals surface area contributed by atoms with Crippen molar-refractivity contribution in [1.29, 1.82) is 0 Å². The highest BCUT2D eigenvalue weighted by Crippen LogP contribution is 2.69. The van der Waals surface area contributed by atoms with Gasteiger partial charge in [-0.15, -0.1) is 0 Å². The molecule has 3 unspecified atom stereocenters. The van der Waals surface area contributed by atoms with Gasteiger partial charge in [0.2, 0.25) is 0 Å². The summed E-state index contributed by atoms with van der Waals surface area (Å²) in [6.07, 6.45) is 11.1. The molecule has 4 aliphatic rings. The molecule has 0 radical (unpaired) electrons. The Morgan fingerprint density at radius 3 is 2.61 bits per heavy atom. The van der Waals surface area contributed by atoms with Gasteiger partial charge in [0.25, 0.3) is 0 Å². The van der Waals surface area contributed by atoms with Crippen LogP contribution in [0, 0.1) is 34.0 Å². The van der Waals surface area contributed by atoms with Gasteiger partial charge in [-0.1, -0.05) is 56.2 Å². The molecule has 0 saturated heterocycles. The average Bonchev–Trinajstić information content (AvgIpc) is 2.98. The van der Waals surface area contributed by atoms with E-state index < -0.39 is 23.5 Å². The molecule has 0 aromatic carbocycles. The van der Waals surface area contributed by atoms with Crippen LogP contribution in [0.3, 0.4) is 0 Å². The van der Waals surface area contributed by atoms with E-state index in [1.165, 1.54) is 11.1 Å². The molecule has 6 heteroatoms. The quantitative estimate of drug-likeness (QED) is 0.458. The van der Waals surface area contributed by atoms with Gasteiger partial charge < -0.3 is 14.9 Å². The number of rotatable bonds is 6. The van der Waals surface area contributed by atoms with Crippen molar-refractivity contribution >= 4 is 17.7 Å². The minimum atomic E-state index is -1.06. The molecule has 0 amide bonds. The molecule has 33 heavy (non-hydrogen) atoms. The molecular formula is C27H36O6. The third-order valence-electron chi connectivity index (χ3n) is 9.71. The second-order valence-corrected chi connectivity index (χ2v) is 11.1. The first kappa shape index (κ1) is 23.9. The fourth-order valence-electron chi connectivity index (χ4n) is 7.38. The zero-order chi connectivity index (χ0) is 24.2. The van der Waals surface area contributed by atoms with E-state index in [2.05, 4.69) is 32.9 Å². The first-order chi connectivity index (χ1) is 15.4. The monoisotopic (exact) mass is 456 g/mol. The lowest BCUT2D eigenvalue weighted by Gasteiger charge is -2.54. The predicted molar refractivity (Wildman–Crippen MR) is 123 cm³/mol. The molecule has 0 bridgehead atoms. The van der Waals surface area contributed by atoms with Crippen molar-refractivity contribution < 1.29 is 29.3 Å². The number of aliphatic carboxylic acids is 1. The summed E-state index contributed by atoms with van der Waals surface area (Å²) in [6, 6.07) is 0. The number of hydrogen-bond acceptors (Lipinski definition) is 5. The highest BCUT2D eigenvalue weighted by Gasteiger charge is 2.65. The fourth-order valence-corrected chi connectivity index (χ4v) is 7.38. The zero-order valence-electron chi connectivity index (χ0n) is 20.1. The Kier molecular flexibility index (Phi) is 5.97. The maximum atomic E-state index is 13.5. The van der Waals surface area contributed by atoms with Crippen LogP contribution in [0.1, 0.15) is 66.2 Å². The van der Waals surface area contributed by atoms with Crippen molar-refractivity contribution in [3.63, 3.8) is 0 Å². The number of ether oxygens (including phenoxy) is 1. The SMILES string of the molecule is C[C@H]1CC2C3CCC4=CC(O)C=C[C@]4(C)C3=CC[C@]2(C)[C@@]1(C)C(=O)COC(=O)CCC(=O)O. The van der Waals surface area contributed by atoms with Gasteiger partial charge in [-0.3, -0.25) is 14.4 Å². The van der Waals surface area contributed by atoms with Gasteiger partial charge in [0.1, 0.15) is 0 Å². The summed E-state index contributed by atoms with van der Waals surface area (Å²) in [5.41, 5.74) is 1.70. The Morgan fingerprint density at radius 2 is 1.91 bits per heavy atom. The van der Waals surface area contributed by atoms with Crippen molar-refractivity contribution in [1.82, 2.24) is 0 Å². The lowest BCUT2D eigenvalue weighted by Crippen LogP contribution is -2.51.